The Labute approximate surface area is 115 Å². The van der Waals surface area contributed by atoms with Crippen molar-refractivity contribution < 1.29 is 0 Å². The third-order valence-corrected chi connectivity index (χ3v) is 2.82. The second-order valence-corrected chi connectivity index (χ2v) is 4.53. The van der Waals surface area contributed by atoms with Gasteiger partial charge in [0.15, 0.2) is 0 Å². The van der Waals surface area contributed by atoms with E-state index in [1.54, 1.807) is 0 Å². The lowest BCUT2D eigenvalue weighted by Crippen LogP contribution is -2.11. The van der Waals surface area contributed by atoms with E-state index < -0.39 is 0 Å². The van der Waals surface area contributed by atoms with Gasteiger partial charge < -0.3 is 10.6 Å². The second kappa shape index (κ2) is 6.64. The molecule has 0 amide bonds. The standard InChI is InChI=1S/C17H20N2/c1-3-7-14(2)18-16-10-12-17(13-11-16)19-15-8-5-4-6-9-15/h3-14,18-19H,1-2H3. The number of hydrogen-bond acceptors (Lipinski definition) is 2. The van der Waals surface area contributed by atoms with Gasteiger partial charge in [-0.25, -0.2) is 0 Å². The fourth-order valence-electron chi connectivity index (χ4n) is 1.94. The van der Waals surface area contributed by atoms with E-state index in [1.807, 2.05) is 25.1 Å². The van der Waals surface area contributed by atoms with Crippen LogP contribution in [0.1, 0.15) is 13.8 Å². The largest absolute Gasteiger partial charge is 0.379 e. The van der Waals surface area contributed by atoms with Crippen LogP contribution in [0.25, 0.3) is 0 Å². The molecule has 0 radical (unpaired) electrons. The normalized spacial score (nSPS) is 12.3. The Balaban J connectivity index is 1.98. The van der Waals surface area contributed by atoms with E-state index >= 15 is 0 Å². The average molecular weight is 252 g/mol. The molecule has 0 saturated carbocycles. The lowest BCUT2D eigenvalue weighted by molar-refractivity contribution is 0.995. The van der Waals surface area contributed by atoms with Crippen molar-refractivity contribution >= 4 is 17.1 Å². The molecule has 19 heavy (non-hydrogen) atoms. The van der Waals surface area contributed by atoms with Crippen LogP contribution in [-0.2, 0) is 0 Å². The lowest BCUT2D eigenvalue weighted by Gasteiger charge is -2.12. The third kappa shape index (κ3) is 4.18. The first kappa shape index (κ1) is 13.2. The number of para-hydroxylation sites is 1. The summed E-state index contributed by atoms with van der Waals surface area (Å²) >= 11 is 0. The molecule has 1 unspecified atom stereocenters. The van der Waals surface area contributed by atoms with E-state index in [-0.39, 0.29) is 0 Å². The highest BCUT2D eigenvalue weighted by molar-refractivity contribution is 5.62. The summed E-state index contributed by atoms with van der Waals surface area (Å²) in [5.74, 6) is 0. The highest BCUT2D eigenvalue weighted by atomic mass is 14.9. The van der Waals surface area contributed by atoms with E-state index in [0.717, 1.165) is 17.1 Å². The molecule has 0 aromatic heterocycles. The van der Waals surface area contributed by atoms with Crippen molar-refractivity contribution in [2.24, 2.45) is 0 Å². The van der Waals surface area contributed by atoms with Gasteiger partial charge in [0.2, 0.25) is 0 Å². The van der Waals surface area contributed by atoms with Crippen LogP contribution in [0.5, 0.6) is 0 Å². The number of hydrogen-bond donors (Lipinski definition) is 2. The summed E-state index contributed by atoms with van der Waals surface area (Å²) in [7, 11) is 0. The van der Waals surface area contributed by atoms with Crippen molar-refractivity contribution in [2.45, 2.75) is 19.9 Å². The van der Waals surface area contributed by atoms with Gasteiger partial charge in [0.05, 0.1) is 0 Å². The van der Waals surface area contributed by atoms with Crippen molar-refractivity contribution in [3.8, 4) is 0 Å². The molecule has 2 nitrogen and oxygen atoms in total. The first-order valence-electron chi connectivity index (χ1n) is 6.59. The second-order valence-electron chi connectivity index (χ2n) is 4.53. The van der Waals surface area contributed by atoms with Crippen LogP contribution in [0.4, 0.5) is 17.1 Å². The summed E-state index contributed by atoms with van der Waals surface area (Å²) in [6, 6.07) is 18.9. The molecule has 0 heterocycles. The number of rotatable bonds is 5. The maximum atomic E-state index is 3.42. The summed E-state index contributed by atoms with van der Waals surface area (Å²) in [6.45, 7) is 4.17. The first-order valence-corrected chi connectivity index (χ1v) is 6.59. The maximum absolute atomic E-state index is 3.42. The van der Waals surface area contributed by atoms with Gasteiger partial charge >= 0.3 is 0 Å². The van der Waals surface area contributed by atoms with Gasteiger partial charge in [-0.3, -0.25) is 0 Å². The van der Waals surface area contributed by atoms with E-state index in [0.29, 0.717) is 6.04 Å². The predicted molar refractivity (Wildman–Crippen MR) is 84.1 cm³/mol. The topological polar surface area (TPSA) is 24.1 Å². The van der Waals surface area contributed by atoms with Crippen LogP contribution in [-0.4, -0.2) is 6.04 Å². The molecule has 2 aromatic rings. The molecule has 0 saturated heterocycles. The SMILES string of the molecule is CC=CC(C)Nc1ccc(Nc2ccccc2)cc1. The zero-order chi connectivity index (χ0) is 13.5. The van der Waals surface area contributed by atoms with Crippen molar-refractivity contribution in [3.63, 3.8) is 0 Å². The Bertz CT molecular complexity index is 515. The van der Waals surface area contributed by atoms with Crippen LogP contribution < -0.4 is 10.6 Å². The average Bonchev–Trinajstić information content (AvgIpc) is 2.42. The molecule has 1 atom stereocenters. The van der Waals surface area contributed by atoms with Gasteiger partial charge in [0.1, 0.15) is 0 Å². The predicted octanol–water partition coefficient (Wildman–Crippen LogP) is 4.81. The van der Waals surface area contributed by atoms with Crippen LogP contribution >= 0.6 is 0 Å². The quantitative estimate of drug-likeness (QED) is 0.746. The molecule has 0 fully saturated rings. The smallest absolute Gasteiger partial charge is 0.0416 e. The molecule has 2 rings (SSSR count). The maximum Gasteiger partial charge on any atom is 0.0416 e. The lowest BCUT2D eigenvalue weighted by atomic mass is 10.2. The number of anilines is 3. The minimum atomic E-state index is 0.345. The van der Waals surface area contributed by atoms with Crippen LogP contribution in [0.2, 0.25) is 0 Å². The zero-order valence-electron chi connectivity index (χ0n) is 11.4. The van der Waals surface area contributed by atoms with E-state index in [4.69, 9.17) is 0 Å². The fourth-order valence-corrected chi connectivity index (χ4v) is 1.94. The zero-order valence-corrected chi connectivity index (χ0v) is 11.4. The first-order chi connectivity index (χ1) is 9.28. The summed E-state index contributed by atoms with van der Waals surface area (Å²) < 4.78 is 0. The number of allylic oxidation sites excluding steroid dienone is 1. The minimum absolute atomic E-state index is 0.345. The van der Waals surface area contributed by atoms with E-state index in [2.05, 4.69) is 66.1 Å². The van der Waals surface area contributed by atoms with Crippen LogP contribution in [0.15, 0.2) is 66.7 Å². The molecule has 0 spiro atoms. The molecule has 0 aliphatic rings. The molecular formula is C17H20N2. The summed E-state index contributed by atoms with van der Waals surface area (Å²) in [5, 5.41) is 6.79. The van der Waals surface area contributed by atoms with Crippen molar-refractivity contribution in [1.82, 2.24) is 0 Å². The molecule has 2 heteroatoms. The Morgan fingerprint density at radius 3 is 2.05 bits per heavy atom. The Hall–Kier alpha value is -2.22. The van der Waals surface area contributed by atoms with Crippen LogP contribution in [0.3, 0.4) is 0 Å². The van der Waals surface area contributed by atoms with Gasteiger partial charge in [-0.05, 0) is 50.2 Å². The van der Waals surface area contributed by atoms with Crippen LogP contribution in [0, 0.1) is 0 Å². The summed E-state index contributed by atoms with van der Waals surface area (Å²) in [5.41, 5.74) is 3.32. The van der Waals surface area contributed by atoms with Crippen molar-refractivity contribution in [2.75, 3.05) is 10.6 Å². The fraction of sp³-hybridized carbons (Fsp3) is 0.176. The van der Waals surface area contributed by atoms with Gasteiger partial charge in [0.25, 0.3) is 0 Å². The Kier molecular flexibility index (Phi) is 4.62. The van der Waals surface area contributed by atoms with Gasteiger partial charge in [-0.2, -0.15) is 0 Å². The molecule has 98 valence electrons. The summed E-state index contributed by atoms with van der Waals surface area (Å²) in [4.78, 5) is 0. The highest BCUT2D eigenvalue weighted by Gasteiger charge is 1.98. The Morgan fingerprint density at radius 2 is 1.42 bits per heavy atom. The van der Waals surface area contributed by atoms with Gasteiger partial charge in [-0.15, -0.1) is 0 Å². The van der Waals surface area contributed by atoms with E-state index in [1.165, 1.54) is 0 Å². The molecule has 2 aromatic carbocycles. The monoisotopic (exact) mass is 252 g/mol. The number of nitrogens with one attached hydrogen (secondary N) is 2. The van der Waals surface area contributed by atoms with Gasteiger partial charge in [-0.1, -0.05) is 30.4 Å². The summed E-state index contributed by atoms with van der Waals surface area (Å²) in [6.07, 6.45) is 4.19. The highest BCUT2D eigenvalue weighted by Crippen LogP contribution is 2.19. The van der Waals surface area contributed by atoms with Crippen molar-refractivity contribution in [1.29, 1.82) is 0 Å². The molecule has 2 N–H and O–H groups in total. The number of benzene rings is 2. The molecule has 0 aliphatic carbocycles. The Morgan fingerprint density at radius 1 is 0.842 bits per heavy atom. The minimum Gasteiger partial charge on any atom is -0.379 e. The third-order valence-electron chi connectivity index (χ3n) is 2.82. The molecular weight excluding hydrogens is 232 g/mol. The van der Waals surface area contributed by atoms with E-state index in [9.17, 15) is 0 Å². The molecule has 0 aliphatic heterocycles. The molecule has 0 bridgehead atoms. The van der Waals surface area contributed by atoms with Gasteiger partial charge in [0, 0.05) is 23.1 Å². The van der Waals surface area contributed by atoms with Crippen molar-refractivity contribution in [3.05, 3.63) is 66.7 Å².